The maximum atomic E-state index is 9.67. The third-order valence-corrected chi connectivity index (χ3v) is 6.26. The van der Waals surface area contributed by atoms with E-state index in [1.54, 1.807) is 17.5 Å². The minimum atomic E-state index is 0.551. The van der Waals surface area contributed by atoms with Crippen LogP contribution in [0, 0.1) is 18.3 Å². The average Bonchev–Trinajstić information content (AvgIpc) is 3.38. The normalized spacial score (nSPS) is 11.0. The Balaban J connectivity index is 1.59. The maximum absolute atomic E-state index is 9.67. The minimum absolute atomic E-state index is 0.551. The van der Waals surface area contributed by atoms with E-state index < -0.39 is 0 Å². The van der Waals surface area contributed by atoms with Crippen LogP contribution in [0.3, 0.4) is 0 Å². The summed E-state index contributed by atoms with van der Waals surface area (Å²) in [6.45, 7) is 2.09. The lowest BCUT2D eigenvalue weighted by molar-refractivity contribution is 1.24. The highest BCUT2D eigenvalue weighted by molar-refractivity contribution is 7.18. The zero-order chi connectivity index (χ0) is 19.8. The van der Waals surface area contributed by atoms with Crippen LogP contribution in [0.2, 0.25) is 0 Å². The van der Waals surface area contributed by atoms with E-state index >= 15 is 0 Å². The fourth-order valence-electron chi connectivity index (χ4n) is 3.70. The Morgan fingerprint density at radius 3 is 2.79 bits per heavy atom. The van der Waals surface area contributed by atoms with E-state index in [1.807, 2.05) is 12.3 Å². The monoisotopic (exact) mass is 394 g/mol. The first-order valence-electron chi connectivity index (χ1n) is 9.42. The molecule has 0 unspecified atom stereocenters. The molecule has 0 saturated carbocycles. The van der Waals surface area contributed by atoms with Crippen molar-refractivity contribution in [1.29, 1.82) is 5.26 Å². The molecule has 0 aliphatic heterocycles. The van der Waals surface area contributed by atoms with E-state index in [4.69, 9.17) is 0 Å². The lowest BCUT2D eigenvalue weighted by Crippen LogP contribution is -1.97. The molecule has 3 aromatic heterocycles. The van der Waals surface area contributed by atoms with Gasteiger partial charge in [-0.25, -0.2) is 4.98 Å². The van der Waals surface area contributed by atoms with Crippen molar-refractivity contribution in [2.24, 2.45) is 0 Å². The Bertz CT molecular complexity index is 1370. The number of nitrogens with zero attached hydrogens (tertiary/aromatic N) is 2. The molecule has 0 radical (unpaired) electrons. The van der Waals surface area contributed by atoms with Gasteiger partial charge in [0.05, 0.1) is 11.3 Å². The second-order valence-corrected chi connectivity index (χ2v) is 8.17. The highest BCUT2D eigenvalue weighted by Crippen LogP contribution is 2.36. The molecule has 5 aromatic rings. The molecule has 0 aliphatic rings. The van der Waals surface area contributed by atoms with Gasteiger partial charge in [-0.15, -0.1) is 11.3 Å². The van der Waals surface area contributed by atoms with E-state index in [0.29, 0.717) is 5.56 Å². The molecule has 2 N–H and O–H groups in total. The zero-order valence-electron chi connectivity index (χ0n) is 15.9. The molecule has 0 spiro atoms. The zero-order valence-corrected chi connectivity index (χ0v) is 16.7. The molecular formula is C24H18N4S. The third kappa shape index (κ3) is 3.14. The maximum Gasteiger partial charge on any atom is 0.125 e. The van der Waals surface area contributed by atoms with Gasteiger partial charge in [-0.1, -0.05) is 30.3 Å². The molecule has 5 heteroatoms. The van der Waals surface area contributed by atoms with Crippen LogP contribution < -0.4 is 5.32 Å². The number of H-pyrrole nitrogens is 1. The topological polar surface area (TPSA) is 64.5 Å². The number of anilines is 2. The van der Waals surface area contributed by atoms with Gasteiger partial charge in [0.1, 0.15) is 10.9 Å². The lowest BCUT2D eigenvalue weighted by Gasteiger charge is -2.12. The number of hydrogen-bond donors (Lipinski definition) is 2. The number of rotatable bonds is 4. The van der Waals surface area contributed by atoms with Gasteiger partial charge in [-0.05, 0) is 42.3 Å². The van der Waals surface area contributed by atoms with Gasteiger partial charge in [0, 0.05) is 45.7 Å². The predicted molar refractivity (Wildman–Crippen MR) is 120 cm³/mol. The number of aromatic amines is 1. The van der Waals surface area contributed by atoms with Crippen LogP contribution in [0.25, 0.3) is 21.1 Å². The summed E-state index contributed by atoms with van der Waals surface area (Å²) >= 11 is 1.68. The lowest BCUT2D eigenvalue weighted by atomic mass is 10.1. The number of fused-ring (bicyclic) bond motifs is 2. The molecular weight excluding hydrogens is 376 g/mol. The first-order valence-corrected chi connectivity index (χ1v) is 10.2. The second-order valence-electron chi connectivity index (χ2n) is 7.05. The molecule has 2 aromatic carbocycles. The van der Waals surface area contributed by atoms with Crippen molar-refractivity contribution in [3.63, 3.8) is 0 Å². The van der Waals surface area contributed by atoms with Crippen LogP contribution in [-0.4, -0.2) is 9.97 Å². The molecule has 0 saturated heterocycles. The summed E-state index contributed by atoms with van der Waals surface area (Å²) in [5.41, 5.74) is 5.90. The summed E-state index contributed by atoms with van der Waals surface area (Å²) in [5, 5.41) is 15.4. The van der Waals surface area contributed by atoms with Crippen molar-refractivity contribution in [2.75, 3.05) is 5.32 Å². The van der Waals surface area contributed by atoms with Crippen molar-refractivity contribution in [3.8, 4) is 6.07 Å². The molecule has 0 bridgehead atoms. The number of nitriles is 1. The minimum Gasteiger partial charge on any atom is -0.361 e. The quantitative estimate of drug-likeness (QED) is 0.376. The fraction of sp³-hybridized carbons (Fsp3) is 0.0833. The number of pyridine rings is 1. The summed E-state index contributed by atoms with van der Waals surface area (Å²) in [6.07, 6.45) is 4.47. The van der Waals surface area contributed by atoms with Crippen molar-refractivity contribution in [3.05, 3.63) is 88.6 Å². The van der Waals surface area contributed by atoms with Crippen molar-refractivity contribution < 1.29 is 0 Å². The number of nitrogens with one attached hydrogen (secondary N) is 2. The van der Waals surface area contributed by atoms with Crippen molar-refractivity contribution in [1.82, 2.24) is 9.97 Å². The van der Waals surface area contributed by atoms with Crippen LogP contribution >= 0.6 is 11.3 Å². The number of aryl methyl sites for hydroxylation is 1. The molecule has 29 heavy (non-hydrogen) atoms. The van der Waals surface area contributed by atoms with Crippen LogP contribution in [-0.2, 0) is 6.42 Å². The number of aromatic nitrogens is 2. The van der Waals surface area contributed by atoms with Crippen LogP contribution in [0.1, 0.15) is 21.6 Å². The Morgan fingerprint density at radius 2 is 1.97 bits per heavy atom. The van der Waals surface area contributed by atoms with E-state index in [2.05, 4.69) is 76.8 Å². The van der Waals surface area contributed by atoms with Gasteiger partial charge in [-0.3, -0.25) is 0 Å². The molecule has 0 fully saturated rings. The summed E-state index contributed by atoms with van der Waals surface area (Å²) in [4.78, 5) is 9.95. The molecule has 0 atom stereocenters. The SMILES string of the molecule is Cc1c(Nc2c(C#N)cnc3sc(Cc4ccccc4)cc23)ccc2[nH]ccc12. The second kappa shape index (κ2) is 7.08. The third-order valence-electron chi connectivity index (χ3n) is 5.22. The number of benzene rings is 2. The highest BCUT2D eigenvalue weighted by Gasteiger charge is 2.14. The van der Waals surface area contributed by atoms with Crippen molar-refractivity contribution >= 4 is 43.8 Å². The van der Waals surface area contributed by atoms with Crippen LogP contribution in [0.5, 0.6) is 0 Å². The molecule has 0 amide bonds. The molecule has 0 aliphatic carbocycles. The van der Waals surface area contributed by atoms with Gasteiger partial charge < -0.3 is 10.3 Å². The smallest absolute Gasteiger partial charge is 0.125 e. The first kappa shape index (κ1) is 17.5. The highest BCUT2D eigenvalue weighted by atomic mass is 32.1. The van der Waals surface area contributed by atoms with E-state index in [-0.39, 0.29) is 0 Å². The van der Waals surface area contributed by atoms with E-state index in [0.717, 1.165) is 39.1 Å². The summed E-state index contributed by atoms with van der Waals surface area (Å²) in [7, 11) is 0. The predicted octanol–water partition coefficient (Wildman–Crippen LogP) is 6.29. The van der Waals surface area contributed by atoms with Gasteiger partial charge in [0.15, 0.2) is 0 Å². The van der Waals surface area contributed by atoms with Gasteiger partial charge in [-0.2, -0.15) is 5.26 Å². The standard InChI is InChI=1S/C24H18N4S/c1-15-19-9-10-26-22(19)8-7-21(15)28-23-17(13-25)14-27-24-20(23)12-18(29-24)11-16-5-3-2-4-6-16/h2-10,12,14,26H,11H2,1H3,(H,27,28). The van der Waals surface area contributed by atoms with E-state index in [1.165, 1.54) is 15.8 Å². The summed E-state index contributed by atoms with van der Waals surface area (Å²) < 4.78 is 0. The Morgan fingerprint density at radius 1 is 1.10 bits per heavy atom. The molecule has 140 valence electrons. The van der Waals surface area contributed by atoms with Crippen molar-refractivity contribution in [2.45, 2.75) is 13.3 Å². The van der Waals surface area contributed by atoms with Gasteiger partial charge >= 0.3 is 0 Å². The molecule has 3 heterocycles. The van der Waals surface area contributed by atoms with E-state index in [9.17, 15) is 5.26 Å². The number of hydrogen-bond acceptors (Lipinski definition) is 4. The summed E-state index contributed by atoms with van der Waals surface area (Å²) in [5.74, 6) is 0. The number of thiophene rings is 1. The Kier molecular flexibility index (Phi) is 4.27. The van der Waals surface area contributed by atoms with Crippen LogP contribution in [0.4, 0.5) is 11.4 Å². The largest absolute Gasteiger partial charge is 0.361 e. The molecule has 4 nitrogen and oxygen atoms in total. The Labute approximate surface area is 172 Å². The van der Waals surface area contributed by atoms with Crippen LogP contribution in [0.15, 0.2) is 67.0 Å². The summed E-state index contributed by atoms with van der Waals surface area (Å²) in [6, 6.07) is 21.0. The van der Waals surface area contributed by atoms with Gasteiger partial charge in [0.25, 0.3) is 0 Å². The first-order chi connectivity index (χ1) is 14.2. The molecule has 5 rings (SSSR count). The van der Waals surface area contributed by atoms with Gasteiger partial charge in [0.2, 0.25) is 0 Å². The Hall–Kier alpha value is -3.62. The fourth-order valence-corrected chi connectivity index (χ4v) is 4.74. The average molecular weight is 395 g/mol.